The minimum absolute atomic E-state index is 0.493. The Labute approximate surface area is 137 Å². The second-order valence-corrected chi connectivity index (χ2v) is 8.92. The van der Waals surface area contributed by atoms with Crippen molar-refractivity contribution in [3.63, 3.8) is 0 Å². The molecule has 1 unspecified atom stereocenters. The van der Waals surface area contributed by atoms with Gasteiger partial charge in [-0.05, 0) is 25.4 Å². The molecule has 0 amide bonds. The van der Waals surface area contributed by atoms with E-state index < -0.39 is 9.04 Å². The van der Waals surface area contributed by atoms with E-state index in [1.54, 1.807) is 0 Å². The van der Waals surface area contributed by atoms with Crippen LogP contribution in [0.25, 0.3) is 0 Å². The van der Waals surface area contributed by atoms with Crippen LogP contribution in [-0.4, -0.2) is 15.6 Å². The second kappa shape index (κ2) is 16.5. The van der Waals surface area contributed by atoms with E-state index in [1.165, 1.54) is 83.5 Å². The summed E-state index contributed by atoms with van der Waals surface area (Å²) in [6, 6.07) is 0. The van der Waals surface area contributed by atoms with Gasteiger partial charge in [0, 0.05) is 6.61 Å². The Morgan fingerprint density at radius 3 is 1.62 bits per heavy atom. The fourth-order valence-corrected chi connectivity index (χ4v) is 3.36. The Kier molecular flexibility index (Phi) is 16.7. The van der Waals surface area contributed by atoms with Crippen molar-refractivity contribution >= 4 is 9.04 Å². The van der Waals surface area contributed by atoms with Gasteiger partial charge in [0.25, 0.3) is 0 Å². The highest BCUT2D eigenvalue weighted by Crippen LogP contribution is 2.16. The topological polar surface area (TPSA) is 9.23 Å². The van der Waals surface area contributed by atoms with Crippen LogP contribution in [0.1, 0.15) is 97.3 Å². The SMILES string of the molecule is CCCCCCCCCCCCCC(CC)CO[Si](C)C. The van der Waals surface area contributed by atoms with Gasteiger partial charge in [-0.15, -0.1) is 0 Å². The van der Waals surface area contributed by atoms with Crippen LogP contribution < -0.4 is 0 Å². The van der Waals surface area contributed by atoms with Gasteiger partial charge in [0.15, 0.2) is 0 Å². The largest absolute Gasteiger partial charge is 0.417 e. The molecule has 0 aromatic rings. The highest BCUT2D eigenvalue weighted by atomic mass is 28.3. The van der Waals surface area contributed by atoms with Crippen LogP contribution in [0.2, 0.25) is 13.1 Å². The van der Waals surface area contributed by atoms with Gasteiger partial charge >= 0.3 is 0 Å². The molecule has 0 aliphatic carbocycles. The summed E-state index contributed by atoms with van der Waals surface area (Å²) < 4.78 is 5.85. The number of unbranched alkanes of at least 4 members (excludes halogenated alkanes) is 10. The summed E-state index contributed by atoms with van der Waals surface area (Å²) in [5.41, 5.74) is 0. The maximum atomic E-state index is 5.85. The molecule has 0 saturated carbocycles. The summed E-state index contributed by atoms with van der Waals surface area (Å²) in [4.78, 5) is 0. The van der Waals surface area contributed by atoms with E-state index in [0.717, 1.165) is 12.5 Å². The predicted octanol–water partition coefficient (Wildman–Crippen LogP) is 6.98. The quantitative estimate of drug-likeness (QED) is 0.220. The lowest BCUT2D eigenvalue weighted by molar-refractivity contribution is 0.236. The fraction of sp³-hybridized carbons (Fsp3) is 1.00. The molecule has 0 fully saturated rings. The van der Waals surface area contributed by atoms with Crippen molar-refractivity contribution < 1.29 is 4.43 Å². The third-order valence-electron chi connectivity index (χ3n) is 4.40. The number of hydrogen-bond acceptors (Lipinski definition) is 1. The molecule has 21 heavy (non-hydrogen) atoms. The van der Waals surface area contributed by atoms with Gasteiger partial charge < -0.3 is 4.43 Å². The van der Waals surface area contributed by atoms with Crippen molar-refractivity contribution in [2.24, 2.45) is 5.92 Å². The first-order chi connectivity index (χ1) is 10.2. The van der Waals surface area contributed by atoms with E-state index >= 15 is 0 Å². The van der Waals surface area contributed by atoms with Crippen molar-refractivity contribution in [3.05, 3.63) is 0 Å². The van der Waals surface area contributed by atoms with Gasteiger partial charge in [0.1, 0.15) is 0 Å². The van der Waals surface area contributed by atoms with Gasteiger partial charge in [-0.1, -0.05) is 90.9 Å². The normalized spacial score (nSPS) is 13.0. The summed E-state index contributed by atoms with van der Waals surface area (Å²) in [6.07, 6.45) is 18.5. The van der Waals surface area contributed by atoms with Crippen LogP contribution in [0.4, 0.5) is 0 Å². The molecule has 0 bridgehead atoms. The average molecular weight is 314 g/mol. The standard InChI is InChI=1S/C19H41OSi/c1-5-7-8-9-10-11-12-13-14-15-16-17-19(6-2)18-20-21(3)4/h19H,5-18H2,1-4H3. The molecule has 1 nitrogen and oxygen atoms in total. The molecule has 0 spiro atoms. The molecule has 0 heterocycles. The van der Waals surface area contributed by atoms with E-state index in [2.05, 4.69) is 26.9 Å². The van der Waals surface area contributed by atoms with Crippen molar-refractivity contribution in [1.82, 2.24) is 0 Å². The molecular formula is C19H41OSi. The van der Waals surface area contributed by atoms with E-state index in [4.69, 9.17) is 4.43 Å². The lowest BCUT2D eigenvalue weighted by Crippen LogP contribution is -2.15. The first-order valence-corrected chi connectivity index (χ1v) is 12.0. The summed E-state index contributed by atoms with van der Waals surface area (Å²) >= 11 is 0. The molecule has 0 saturated heterocycles. The lowest BCUT2D eigenvalue weighted by atomic mass is 9.98. The minimum Gasteiger partial charge on any atom is -0.417 e. The molecule has 0 aromatic carbocycles. The summed E-state index contributed by atoms with van der Waals surface area (Å²) in [5, 5.41) is 0. The zero-order chi connectivity index (χ0) is 15.8. The zero-order valence-corrected chi connectivity index (χ0v) is 16.4. The summed E-state index contributed by atoms with van der Waals surface area (Å²) in [7, 11) is -0.493. The Balaban J connectivity index is 3.23. The molecular weight excluding hydrogens is 272 g/mol. The fourth-order valence-electron chi connectivity index (χ4n) is 2.79. The maximum Gasteiger partial charge on any atom is 0.204 e. The first-order valence-electron chi connectivity index (χ1n) is 9.63. The summed E-state index contributed by atoms with van der Waals surface area (Å²) in [6.45, 7) is 10.1. The molecule has 0 N–H and O–H groups in total. The molecule has 1 radical (unpaired) electrons. The molecule has 2 heteroatoms. The Bertz CT molecular complexity index is 194. The molecule has 127 valence electrons. The molecule has 0 aromatic heterocycles. The highest BCUT2D eigenvalue weighted by molar-refractivity contribution is 6.48. The van der Waals surface area contributed by atoms with Crippen LogP contribution in [-0.2, 0) is 4.43 Å². The maximum absolute atomic E-state index is 5.85. The van der Waals surface area contributed by atoms with Crippen LogP contribution in [0.15, 0.2) is 0 Å². The predicted molar refractivity (Wildman–Crippen MR) is 98.3 cm³/mol. The van der Waals surface area contributed by atoms with E-state index in [0.29, 0.717) is 0 Å². The summed E-state index contributed by atoms with van der Waals surface area (Å²) in [5.74, 6) is 0.809. The average Bonchev–Trinajstić information content (AvgIpc) is 2.47. The number of hydrogen-bond donors (Lipinski definition) is 0. The zero-order valence-electron chi connectivity index (χ0n) is 15.4. The van der Waals surface area contributed by atoms with Crippen LogP contribution in [0.5, 0.6) is 0 Å². The van der Waals surface area contributed by atoms with Gasteiger partial charge in [-0.2, -0.15) is 0 Å². The van der Waals surface area contributed by atoms with Crippen molar-refractivity contribution in [2.45, 2.75) is 110 Å². The van der Waals surface area contributed by atoms with Crippen molar-refractivity contribution in [2.75, 3.05) is 6.61 Å². The molecule has 1 atom stereocenters. The van der Waals surface area contributed by atoms with Crippen molar-refractivity contribution in [3.8, 4) is 0 Å². The smallest absolute Gasteiger partial charge is 0.204 e. The van der Waals surface area contributed by atoms with Crippen molar-refractivity contribution in [1.29, 1.82) is 0 Å². The van der Waals surface area contributed by atoms with Gasteiger partial charge in [-0.3, -0.25) is 0 Å². The minimum atomic E-state index is -0.493. The Morgan fingerprint density at radius 1 is 0.714 bits per heavy atom. The van der Waals surface area contributed by atoms with Gasteiger partial charge in [0.2, 0.25) is 9.04 Å². The van der Waals surface area contributed by atoms with E-state index in [1.807, 2.05) is 0 Å². The van der Waals surface area contributed by atoms with Crippen LogP contribution in [0.3, 0.4) is 0 Å². The first kappa shape index (κ1) is 21.2. The molecule has 0 aliphatic heterocycles. The third-order valence-corrected chi connectivity index (χ3v) is 5.15. The van der Waals surface area contributed by atoms with E-state index in [9.17, 15) is 0 Å². The molecule has 0 aliphatic rings. The lowest BCUT2D eigenvalue weighted by Gasteiger charge is -2.16. The van der Waals surface area contributed by atoms with Gasteiger partial charge in [-0.25, -0.2) is 0 Å². The Morgan fingerprint density at radius 2 is 1.19 bits per heavy atom. The van der Waals surface area contributed by atoms with Gasteiger partial charge in [0.05, 0.1) is 0 Å². The van der Waals surface area contributed by atoms with Crippen LogP contribution in [0, 0.1) is 5.92 Å². The molecule has 0 rings (SSSR count). The highest BCUT2D eigenvalue weighted by Gasteiger charge is 2.07. The number of rotatable bonds is 16. The third kappa shape index (κ3) is 16.4. The van der Waals surface area contributed by atoms with Crippen LogP contribution >= 0.6 is 0 Å². The second-order valence-electron chi connectivity index (χ2n) is 6.82. The van der Waals surface area contributed by atoms with E-state index in [-0.39, 0.29) is 0 Å². The Hall–Kier alpha value is 0.177. The monoisotopic (exact) mass is 313 g/mol.